The molecule has 3 aliphatic rings. The molecule has 2 N–H and O–H groups in total. The minimum atomic E-state index is -1.51. The summed E-state index contributed by atoms with van der Waals surface area (Å²) in [4.78, 5) is 38.4. The number of fused-ring (bicyclic) bond motifs is 1. The Morgan fingerprint density at radius 2 is 1.93 bits per heavy atom. The number of halogens is 1. The van der Waals surface area contributed by atoms with Crippen LogP contribution < -0.4 is 5.32 Å². The second-order valence-electron chi connectivity index (χ2n) is 12.3. The molecule has 3 atom stereocenters. The number of rotatable bonds is 11. The maximum absolute atomic E-state index is 13.0. The number of terminal acetylenes is 1. The highest BCUT2D eigenvalue weighted by Gasteiger charge is 2.50. The van der Waals surface area contributed by atoms with Gasteiger partial charge in [-0.3, -0.25) is 14.2 Å². The largest absolute Gasteiger partial charge is 0.461 e. The van der Waals surface area contributed by atoms with Gasteiger partial charge in [-0.15, -0.1) is 6.42 Å². The van der Waals surface area contributed by atoms with Crippen LogP contribution in [0, 0.1) is 23.7 Å². The maximum Gasteiger partial charge on any atom is 0.309 e. The second-order valence-corrected chi connectivity index (χ2v) is 12.7. The van der Waals surface area contributed by atoms with Gasteiger partial charge in [0.1, 0.15) is 18.9 Å². The highest BCUT2D eigenvalue weighted by atomic mass is 35.5. The monoisotopic (exact) mass is 599 g/mol. The van der Waals surface area contributed by atoms with E-state index in [0.29, 0.717) is 23.0 Å². The molecule has 0 aromatic carbocycles. The molecule has 2 aliphatic carbocycles. The van der Waals surface area contributed by atoms with Crippen LogP contribution in [-0.2, 0) is 19.1 Å². The summed E-state index contributed by atoms with van der Waals surface area (Å²) in [6.45, 7) is 1.90. The second kappa shape index (κ2) is 13.3. The van der Waals surface area contributed by atoms with Gasteiger partial charge in [0.25, 0.3) is 0 Å². The highest BCUT2D eigenvalue weighted by Crippen LogP contribution is 2.50. The van der Waals surface area contributed by atoms with Gasteiger partial charge < -0.3 is 19.9 Å². The summed E-state index contributed by atoms with van der Waals surface area (Å²) in [5.74, 6) is 2.15. The summed E-state index contributed by atoms with van der Waals surface area (Å²) in [6, 6.07) is 0. The molecule has 3 heterocycles. The fourth-order valence-electron chi connectivity index (χ4n) is 6.88. The molecule has 2 aromatic rings. The van der Waals surface area contributed by atoms with E-state index in [4.69, 9.17) is 27.5 Å². The molecule has 3 fully saturated rings. The van der Waals surface area contributed by atoms with E-state index < -0.39 is 17.9 Å². The molecule has 5 rings (SSSR count). The zero-order valence-electron chi connectivity index (χ0n) is 24.4. The minimum Gasteiger partial charge on any atom is -0.461 e. The average molecular weight is 600 g/mol. The lowest BCUT2D eigenvalue weighted by Crippen LogP contribution is -2.44. The lowest BCUT2D eigenvalue weighted by molar-refractivity contribution is -0.162. The lowest BCUT2D eigenvalue weighted by Gasteiger charge is -2.36. The quantitative estimate of drug-likeness (QED) is 0.145. The van der Waals surface area contributed by atoms with Crippen molar-refractivity contribution < 1.29 is 24.2 Å². The van der Waals surface area contributed by atoms with Crippen molar-refractivity contribution in [1.29, 1.82) is 0 Å². The highest BCUT2D eigenvalue weighted by molar-refractivity contribution is 6.28. The first-order valence-electron chi connectivity index (χ1n) is 15.5. The van der Waals surface area contributed by atoms with Gasteiger partial charge in [-0.1, -0.05) is 51.4 Å². The van der Waals surface area contributed by atoms with Crippen molar-refractivity contribution in [3.63, 3.8) is 0 Å². The predicted octanol–water partition coefficient (Wildman–Crippen LogP) is 5.72. The number of anilines is 1. The van der Waals surface area contributed by atoms with E-state index in [1.807, 2.05) is 0 Å². The molecular weight excluding hydrogens is 558 g/mol. The number of carbonyl (C=O) groups is 2. The average Bonchev–Trinajstić information content (AvgIpc) is 3.70. The molecule has 11 heteroatoms. The van der Waals surface area contributed by atoms with Gasteiger partial charge in [-0.25, -0.2) is 4.98 Å². The first-order valence-corrected chi connectivity index (χ1v) is 15.9. The number of ether oxygens (including phenoxy) is 2. The number of imidazole rings is 1. The van der Waals surface area contributed by atoms with Crippen LogP contribution in [0.4, 0.5) is 5.82 Å². The third kappa shape index (κ3) is 6.58. The van der Waals surface area contributed by atoms with Crippen molar-refractivity contribution in [3.05, 3.63) is 11.6 Å². The number of unbranched alkanes of at least 4 members (excludes halogenated alkanes) is 4. The molecule has 0 bridgehead atoms. The SMILES string of the molecule is C#C[C@]1(COC(=O)C2CCC3(CCCC3)CC2)O[C@@H](n2cnc3c(NC(=O)CCCCCCC)nc(Cl)nc32)C[C@@H]1O. The smallest absolute Gasteiger partial charge is 0.309 e. The number of hydrogen-bond donors (Lipinski definition) is 2. The van der Waals surface area contributed by atoms with E-state index in [-0.39, 0.29) is 41.9 Å². The molecular formula is C31H42ClN5O5. The number of aliphatic hydroxyl groups excluding tert-OH is 1. The number of aromatic nitrogens is 4. The molecule has 42 heavy (non-hydrogen) atoms. The minimum absolute atomic E-state index is 0.0648. The molecule has 10 nitrogen and oxygen atoms in total. The van der Waals surface area contributed by atoms with Crippen LogP contribution in [0.3, 0.4) is 0 Å². The number of amides is 1. The van der Waals surface area contributed by atoms with Crippen molar-refractivity contribution in [2.24, 2.45) is 11.3 Å². The summed E-state index contributed by atoms with van der Waals surface area (Å²) >= 11 is 6.22. The van der Waals surface area contributed by atoms with Crippen LogP contribution in [-0.4, -0.2) is 54.8 Å². The van der Waals surface area contributed by atoms with Crippen molar-refractivity contribution >= 4 is 40.5 Å². The van der Waals surface area contributed by atoms with Gasteiger partial charge in [0, 0.05) is 12.8 Å². The number of nitrogens with zero attached hydrogens (tertiary/aromatic N) is 4. The normalized spacial score (nSPS) is 25.6. The Hall–Kier alpha value is -2.74. The third-order valence-electron chi connectivity index (χ3n) is 9.50. The van der Waals surface area contributed by atoms with E-state index in [1.54, 1.807) is 4.57 Å². The third-order valence-corrected chi connectivity index (χ3v) is 9.67. The standard InChI is InChI=1S/C31H42ClN5O5/c1-3-5-6-7-8-11-23(39)34-26-25-27(36-29(32)35-26)37(20-33-25)24-18-22(38)31(4-2,42-24)19-41-28(40)21-12-16-30(17-13-21)14-9-10-15-30/h2,20-22,24,38H,3,5-19H2,1H3,(H,34,35,36,39)/t22-,24+,31+/m0/s1. The Balaban J connectivity index is 1.22. The maximum atomic E-state index is 13.0. The number of aliphatic hydroxyl groups is 1. The Morgan fingerprint density at radius 1 is 1.19 bits per heavy atom. The summed E-state index contributed by atoms with van der Waals surface area (Å²) < 4.78 is 13.5. The van der Waals surface area contributed by atoms with Crippen molar-refractivity contribution in [1.82, 2.24) is 19.5 Å². The van der Waals surface area contributed by atoms with Crippen LogP contribution >= 0.6 is 11.6 Å². The van der Waals surface area contributed by atoms with E-state index in [1.165, 1.54) is 32.0 Å². The molecule has 1 saturated heterocycles. The molecule has 2 saturated carbocycles. The molecule has 1 spiro atoms. The zero-order chi connectivity index (χ0) is 29.7. The van der Waals surface area contributed by atoms with E-state index in [2.05, 4.69) is 33.1 Å². The Kier molecular flexibility index (Phi) is 9.70. The summed E-state index contributed by atoms with van der Waals surface area (Å²) in [5.41, 5.74) is -0.410. The van der Waals surface area contributed by atoms with Gasteiger partial charge in [0.05, 0.1) is 12.2 Å². The number of nitrogens with one attached hydrogen (secondary N) is 1. The fourth-order valence-corrected chi connectivity index (χ4v) is 7.05. The van der Waals surface area contributed by atoms with E-state index in [9.17, 15) is 14.7 Å². The molecule has 2 aromatic heterocycles. The van der Waals surface area contributed by atoms with Crippen molar-refractivity contribution in [3.8, 4) is 12.3 Å². The first kappa shape index (κ1) is 30.7. The number of carbonyl (C=O) groups excluding carboxylic acids is 2. The van der Waals surface area contributed by atoms with Crippen LogP contribution in [0.1, 0.15) is 109 Å². The van der Waals surface area contributed by atoms with Crippen LogP contribution in [0.5, 0.6) is 0 Å². The molecule has 0 unspecified atom stereocenters. The van der Waals surface area contributed by atoms with Crippen LogP contribution in [0.2, 0.25) is 5.28 Å². The van der Waals surface area contributed by atoms with E-state index in [0.717, 1.165) is 57.8 Å². The Morgan fingerprint density at radius 3 is 2.64 bits per heavy atom. The van der Waals surface area contributed by atoms with Crippen molar-refractivity contribution in [2.45, 2.75) is 121 Å². The molecule has 1 aliphatic heterocycles. The Labute approximate surface area is 252 Å². The van der Waals surface area contributed by atoms with Gasteiger partial charge in [0.15, 0.2) is 22.6 Å². The topological polar surface area (TPSA) is 128 Å². The van der Waals surface area contributed by atoms with Crippen LogP contribution in [0.15, 0.2) is 6.33 Å². The first-order chi connectivity index (χ1) is 20.3. The van der Waals surface area contributed by atoms with Gasteiger partial charge in [-0.2, -0.15) is 9.97 Å². The zero-order valence-corrected chi connectivity index (χ0v) is 25.2. The summed E-state index contributed by atoms with van der Waals surface area (Å²) in [6.07, 6.45) is 20.1. The van der Waals surface area contributed by atoms with Crippen molar-refractivity contribution in [2.75, 3.05) is 11.9 Å². The summed E-state index contributed by atoms with van der Waals surface area (Å²) in [7, 11) is 0. The fraction of sp³-hybridized carbons (Fsp3) is 0.710. The molecule has 0 radical (unpaired) electrons. The number of esters is 1. The summed E-state index contributed by atoms with van der Waals surface area (Å²) in [5, 5.41) is 13.7. The van der Waals surface area contributed by atoms with E-state index >= 15 is 0 Å². The Bertz CT molecular complexity index is 1310. The van der Waals surface area contributed by atoms with Gasteiger partial charge >= 0.3 is 5.97 Å². The lowest BCUT2D eigenvalue weighted by atomic mass is 9.69. The van der Waals surface area contributed by atoms with Gasteiger partial charge in [-0.05, 0) is 62.0 Å². The van der Waals surface area contributed by atoms with Gasteiger partial charge in [0.2, 0.25) is 11.2 Å². The molecule has 1 amide bonds. The van der Waals surface area contributed by atoms with Crippen LogP contribution in [0.25, 0.3) is 11.2 Å². The predicted molar refractivity (Wildman–Crippen MR) is 158 cm³/mol. The molecule has 228 valence electrons. The number of hydrogen-bond acceptors (Lipinski definition) is 8.